The fourth-order valence-electron chi connectivity index (χ4n) is 3.31. The van der Waals surface area contributed by atoms with Crippen LogP contribution in [-0.2, 0) is 13.5 Å². The van der Waals surface area contributed by atoms with Crippen molar-refractivity contribution in [3.8, 4) is 0 Å². The first kappa shape index (κ1) is 13.9. The van der Waals surface area contributed by atoms with Gasteiger partial charge in [0.05, 0.1) is 5.69 Å². The molecule has 1 heterocycles. The lowest BCUT2D eigenvalue weighted by atomic mass is 9.76. The molecule has 1 aliphatic rings. The van der Waals surface area contributed by atoms with E-state index in [-0.39, 0.29) is 0 Å². The summed E-state index contributed by atoms with van der Waals surface area (Å²) in [5.41, 5.74) is 2.72. The molecule has 3 atom stereocenters. The van der Waals surface area contributed by atoms with Crippen LogP contribution >= 0.6 is 15.9 Å². The number of aromatic nitrogens is 2. The average Bonchev–Trinajstić information content (AvgIpc) is 2.88. The second-order valence-corrected chi connectivity index (χ2v) is 7.06. The number of benzene rings is 1. The number of hydrogen-bond acceptors (Lipinski definition) is 1. The Morgan fingerprint density at radius 1 is 1.20 bits per heavy atom. The van der Waals surface area contributed by atoms with Gasteiger partial charge in [-0.15, -0.1) is 0 Å². The van der Waals surface area contributed by atoms with Crippen LogP contribution in [0.25, 0.3) is 0 Å². The molecule has 0 saturated heterocycles. The zero-order chi connectivity index (χ0) is 13.9. The SMILES string of the molecule is Cn1ccc(CC2CC(c3ccccc3)CCC2Br)n1. The third kappa shape index (κ3) is 3.14. The molecule has 3 unspecified atom stereocenters. The van der Waals surface area contributed by atoms with Crippen molar-refractivity contribution in [3.05, 3.63) is 53.9 Å². The van der Waals surface area contributed by atoms with E-state index in [1.54, 1.807) is 0 Å². The number of halogens is 1. The van der Waals surface area contributed by atoms with E-state index in [1.807, 2.05) is 17.9 Å². The molecule has 1 aromatic heterocycles. The summed E-state index contributed by atoms with van der Waals surface area (Å²) in [6.07, 6.45) is 6.93. The number of rotatable bonds is 3. The Labute approximate surface area is 129 Å². The van der Waals surface area contributed by atoms with Gasteiger partial charge >= 0.3 is 0 Å². The van der Waals surface area contributed by atoms with Gasteiger partial charge in [0, 0.05) is 18.1 Å². The fraction of sp³-hybridized carbons (Fsp3) is 0.471. The van der Waals surface area contributed by atoms with Crippen molar-refractivity contribution < 1.29 is 0 Å². The summed E-state index contributed by atoms with van der Waals surface area (Å²) in [4.78, 5) is 0.629. The quantitative estimate of drug-likeness (QED) is 0.766. The second kappa shape index (κ2) is 6.13. The Morgan fingerprint density at radius 2 is 2.00 bits per heavy atom. The van der Waals surface area contributed by atoms with Crippen LogP contribution in [0.4, 0.5) is 0 Å². The van der Waals surface area contributed by atoms with Crippen molar-refractivity contribution in [2.75, 3.05) is 0 Å². The van der Waals surface area contributed by atoms with Crippen LogP contribution in [0.5, 0.6) is 0 Å². The Bertz CT molecular complexity index is 549. The third-order valence-electron chi connectivity index (χ3n) is 4.40. The highest BCUT2D eigenvalue weighted by Gasteiger charge is 2.30. The third-order valence-corrected chi connectivity index (χ3v) is 5.61. The molecule has 3 heteroatoms. The zero-order valence-corrected chi connectivity index (χ0v) is 13.5. The van der Waals surface area contributed by atoms with Crippen molar-refractivity contribution in [2.24, 2.45) is 13.0 Å². The molecule has 2 nitrogen and oxygen atoms in total. The van der Waals surface area contributed by atoms with E-state index >= 15 is 0 Å². The maximum atomic E-state index is 4.53. The van der Waals surface area contributed by atoms with Gasteiger partial charge in [-0.2, -0.15) is 5.10 Å². The molecule has 0 bridgehead atoms. The minimum atomic E-state index is 0.629. The smallest absolute Gasteiger partial charge is 0.0627 e. The Hall–Kier alpha value is -1.09. The van der Waals surface area contributed by atoms with Gasteiger partial charge < -0.3 is 0 Å². The Morgan fingerprint density at radius 3 is 2.70 bits per heavy atom. The summed E-state index contributed by atoms with van der Waals surface area (Å²) in [6, 6.07) is 13.1. The minimum Gasteiger partial charge on any atom is -0.276 e. The number of alkyl halides is 1. The molecule has 1 fully saturated rings. The van der Waals surface area contributed by atoms with Gasteiger partial charge in [-0.1, -0.05) is 46.3 Å². The minimum absolute atomic E-state index is 0.629. The van der Waals surface area contributed by atoms with E-state index in [4.69, 9.17) is 0 Å². The molecule has 20 heavy (non-hydrogen) atoms. The Kier molecular flexibility index (Phi) is 4.25. The van der Waals surface area contributed by atoms with Crippen LogP contribution in [0.3, 0.4) is 0 Å². The molecular formula is C17H21BrN2. The first-order valence-corrected chi connectivity index (χ1v) is 8.31. The summed E-state index contributed by atoms with van der Waals surface area (Å²) in [6.45, 7) is 0. The highest BCUT2D eigenvalue weighted by molar-refractivity contribution is 9.09. The molecule has 1 saturated carbocycles. The summed E-state index contributed by atoms with van der Waals surface area (Å²) >= 11 is 3.88. The monoisotopic (exact) mass is 332 g/mol. The molecule has 0 spiro atoms. The van der Waals surface area contributed by atoms with Crippen molar-refractivity contribution in [1.82, 2.24) is 9.78 Å². The number of nitrogens with zero attached hydrogens (tertiary/aromatic N) is 2. The molecular weight excluding hydrogens is 312 g/mol. The van der Waals surface area contributed by atoms with Crippen LogP contribution in [0, 0.1) is 5.92 Å². The van der Waals surface area contributed by atoms with E-state index < -0.39 is 0 Å². The molecule has 106 valence electrons. The van der Waals surface area contributed by atoms with E-state index in [9.17, 15) is 0 Å². The molecule has 0 radical (unpaired) electrons. The predicted octanol–water partition coefficient (Wildman–Crippen LogP) is 4.31. The van der Waals surface area contributed by atoms with Crippen molar-refractivity contribution >= 4 is 15.9 Å². The summed E-state index contributed by atoms with van der Waals surface area (Å²) in [5.74, 6) is 1.39. The van der Waals surface area contributed by atoms with Crippen LogP contribution < -0.4 is 0 Å². The zero-order valence-electron chi connectivity index (χ0n) is 11.9. The van der Waals surface area contributed by atoms with Gasteiger partial charge in [0.15, 0.2) is 0 Å². The van der Waals surface area contributed by atoms with Gasteiger partial charge in [-0.25, -0.2) is 0 Å². The van der Waals surface area contributed by atoms with Gasteiger partial charge in [-0.3, -0.25) is 4.68 Å². The van der Waals surface area contributed by atoms with Gasteiger partial charge in [0.25, 0.3) is 0 Å². The van der Waals surface area contributed by atoms with Crippen LogP contribution in [0.1, 0.15) is 36.4 Å². The maximum absolute atomic E-state index is 4.53. The number of aryl methyl sites for hydroxylation is 1. The first-order valence-electron chi connectivity index (χ1n) is 7.40. The van der Waals surface area contributed by atoms with Crippen LogP contribution in [0.15, 0.2) is 42.6 Å². The van der Waals surface area contributed by atoms with E-state index in [0.717, 1.165) is 6.42 Å². The lowest BCUT2D eigenvalue weighted by molar-refractivity contribution is 0.332. The first-order chi connectivity index (χ1) is 9.72. The largest absolute Gasteiger partial charge is 0.276 e. The Balaban J connectivity index is 1.70. The maximum Gasteiger partial charge on any atom is 0.0627 e. The summed E-state index contributed by atoms with van der Waals surface area (Å²) in [5, 5.41) is 4.53. The van der Waals surface area contributed by atoms with E-state index in [0.29, 0.717) is 16.7 Å². The molecule has 2 aromatic rings. The summed E-state index contributed by atoms with van der Waals surface area (Å²) in [7, 11) is 1.99. The molecule has 3 rings (SSSR count). The lowest BCUT2D eigenvalue weighted by Gasteiger charge is -2.33. The van der Waals surface area contributed by atoms with Crippen molar-refractivity contribution in [1.29, 1.82) is 0 Å². The second-order valence-electron chi connectivity index (χ2n) is 5.88. The average molecular weight is 333 g/mol. The highest BCUT2D eigenvalue weighted by atomic mass is 79.9. The molecule has 0 aliphatic heterocycles. The van der Waals surface area contributed by atoms with Crippen molar-refractivity contribution in [2.45, 2.75) is 36.4 Å². The molecule has 1 aromatic carbocycles. The lowest BCUT2D eigenvalue weighted by Crippen LogP contribution is -2.26. The normalized spacial score (nSPS) is 26.6. The fourth-order valence-corrected chi connectivity index (χ4v) is 3.97. The highest BCUT2D eigenvalue weighted by Crippen LogP contribution is 2.40. The molecule has 0 amide bonds. The van der Waals surface area contributed by atoms with Gasteiger partial charge in [0.2, 0.25) is 0 Å². The predicted molar refractivity (Wildman–Crippen MR) is 86.2 cm³/mol. The number of hydrogen-bond donors (Lipinski definition) is 0. The van der Waals surface area contributed by atoms with Crippen LogP contribution in [0.2, 0.25) is 0 Å². The van der Waals surface area contributed by atoms with Crippen LogP contribution in [-0.4, -0.2) is 14.6 Å². The molecule has 0 N–H and O–H groups in total. The standard InChI is InChI=1S/C17H21BrN2/c1-20-10-9-16(19-20)12-15-11-14(7-8-17(15)18)13-5-3-2-4-6-13/h2-6,9-10,14-15,17H,7-8,11-12H2,1H3. The van der Waals surface area contributed by atoms with Gasteiger partial charge in [0.1, 0.15) is 0 Å². The molecule has 1 aliphatic carbocycles. The van der Waals surface area contributed by atoms with E-state index in [2.05, 4.69) is 57.4 Å². The van der Waals surface area contributed by atoms with Crippen molar-refractivity contribution in [3.63, 3.8) is 0 Å². The topological polar surface area (TPSA) is 17.8 Å². The summed E-state index contributed by atoms with van der Waals surface area (Å²) < 4.78 is 1.90. The van der Waals surface area contributed by atoms with E-state index in [1.165, 1.54) is 30.5 Å². The van der Waals surface area contributed by atoms with Gasteiger partial charge in [-0.05, 0) is 49.1 Å².